The van der Waals surface area contributed by atoms with Crippen LogP contribution in [-0.2, 0) is 16.0 Å². The Morgan fingerprint density at radius 1 is 1.47 bits per heavy atom. The number of ketones is 1. The van der Waals surface area contributed by atoms with E-state index in [9.17, 15) is 9.59 Å². The largest absolute Gasteiger partial charge is 0.343 e. The maximum absolute atomic E-state index is 11.4. The van der Waals surface area contributed by atoms with Gasteiger partial charge in [0.1, 0.15) is 5.78 Å². The highest BCUT2D eigenvalue weighted by Crippen LogP contribution is 2.07. The van der Waals surface area contributed by atoms with Gasteiger partial charge in [0.15, 0.2) is 5.82 Å². The highest BCUT2D eigenvalue weighted by molar-refractivity contribution is 6.00. The molecule has 0 saturated carbocycles. The van der Waals surface area contributed by atoms with E-state index in [0.717, 1.165) is 0 Å². The number of piperidine rings is 1. The summed E-state index contributed by atoms with van der Waals surface area (Å²) in [7, 11) is 0. The van der Waals surface area contributed by atoms with Crippen molar-refractivity contribution in [3.63, 3.8) is 0 Å². The van der Waals surface area contributed by atoms with Crippen LogP contribution in [0, 0.1) is 0 Å². The predicted molar refractivity (Wildman–Crippen MR) is 48.8 cm³/mol. The molecule has 0 bridgehead atoms. The van der Waals surface area contributed by atoms with Gasteiger partial charge in [0.05, 0.1) is 6.42 Å². The minimum absolute atomic E-state index is 0.0239. The summed E-state index contributed by atoms with van der Waals surface area (Å²) in [6.07, 6.45) is 2.32. The molecule has 0 unspecified atom stereocenters. The second kappa shape index (κ2) is 4.20. The Morgan fingerprint density at radius 3 is 3.00 bits per heavy atom. The molecule has 0 radical (unpaired) electrons. The van der Waals surface area contributed by atoms with Crippen molar-refractivity contribution in [2.75, 3.05) is 13.1 Å². The first kappa shape index (κ1) is 9.82. The van der Waals surface area contributed by atoms with Crippen molar-refractivity contribution < 1.29 is 14.1 Å². The van der Waals surface area contributed by atoms with Gasteiger partial charge in [-0.05, 0) is 0 Å². The van der Waals surface area contributed by atoms with Crippen molar-refractivity contribution >= 4 is 11.7 Å². The second-order valence-electron chi connectivity index (χ2n) is 3.44. The summed E-state index contributed by atoms with van der Waals surface area (Å²) in [6.45, 7) is 1.06. The SMILES string of the molecule is O=C1CCN(CCc2ncon2)C(=O)C1. The van der Waals surface area contributed by atoms with Crippen molar-refractivity contribution in [2.24, 2.45) is 0 Å². The fourth-order valence-electron chi connectivity index (χ4n) is 1.53. The molecule has 6 heteroatoms. The van der Waals surface area contributed by atoms with Gasteiger partial charge in [-0.15, -0.1) is 0 Å². The number of Topliss-reactive ketones (excluding diaryl/α,β-unsaturated/α-hetero) is 1. The fourth-order valence-corrected chi connectivity index (χ4v) is 1.53. The molecular weight excluding hydrogens is 198 g/mol. The lowest BCUT2D eigenvalue weighted by molar-refractivity contribution is -0.139. The molecule has 1 saturated heterocycles. The average molecular weight is 209 g/mol. The minimum atomic E-state index is -0.102. The molecule has 6 nitrogen and oxygen atoms in total. The van der Waals surface area contributed by atoms with Crippen LogP contribution < -0.4 is 0 Å². The zero-order valence-corrected chi connectivity index (χ0v) is 8.18. The van der Waals surface area contributed by atoms with Crippen molar-refractivity contribution in [1.29, 1.82) is 0 Å². The number of aromatic nitrogens is 2. The summed E-state index contributed by atoms with van der Waals surface area (Å²) in [5, 5.41) is 3.65. The maximum atomic E-state index is 11.4. The molecule has 0 spiro atoms. The van der Waals surface area contributed by atoms with Crippen LogP contribution in [0.1, 0.15) is 18.7 Å². The van der Waals surface area contributed by atoms with E-state index < -0.39 is 0 Å². The first-order valence-corrected chi connectivity index (χ1v) is 4.80. The molecule has 2 rings (SSSR count). The Bertz CT molecular complexity index is 361. The van der Waals surface area contributed by atoms with Crippen LogP contribution >= 0.6 is 0 Å². The number of hydrogen-bond acceptors (Lipinski definition) is 5. The number of carbonyl (C=O) groups is 2. The van der Waals surface area contributed by atoms with Crippen molar-refractivity contribution in [1.82, 2.24) is 15.0 Å². The molecule has 1 aliphatic heterocycles. The zero-order chi connectivity index (χ0) is 10.7. The molecule has 1 aromatic heterocycles. The number of carbonyl (C=O) groups excluding carboxylic acids is 2. The van der Waals surface area contributed by atoms with E-state index in [1.54, 1.807) is 4.90 Å². The molecule has 0 N–H and O–H groups in total. The topological polar surface area (TPSA) is 76.3 Å². The van der Waals surface area contributed by atoms with Crippen LogP contribution in [0.2, 0.25) is 0 Å². The molecule has 1 fully saturated rings. The van der Waals surface area contributed by atoms with Gasteiger partial charge in [0, 0.05) is 25.9 Å². The number of amides is 1. The van der Waals surface area contributed by atoms with Gasteiger partial charge in [0.25, 0.3) is 0 Å². The summed E-state index contributed by atoms with van der Waals surface area (Å²) < 4.78 is 4.58. The van der Waals surface area contributed by atoms with Gasteiger partial charge in [-0.25, -0.2) is 0 Å². The third kappa shape index (κ3) is 2.39. The van der Waals surface area contributed by atoms with Gasteiger partial charge in [-0.1, -0.05) is 5.16 Å². The van der Waals surface area contributed by atoms with E-state index in [4.69, 9.17) is 0 Å². The lowest BCUT2D eigenvalue weighted by Gasteiger charge is -2.25. The van der Waals surface area contributed by atoms with E-state index in [1.807, 2.05) is 0 Å². The van der Waals surface area contributed by atoms with E-state index in [2.05, 4.69) is 14.7 Å². The van der Waals surface area contributed by atoms with Crippen LogP contribution in [-0.4, -0.2) is 39.8 Å². The lowest BCUT2D eigenvalue weighted by atomic mass is 10.1. The van der Waals surface area contributed by atoms with E-state index >= 15 is 0 Å². The molecular formula is C9H11N3O3. The third-order valence-corrected chi connectivity index (χ3v) is 2.37. The molecule has 2 heterocycles. The number of likely N-dealkylation sites (tertiary alicyclic amines) is 1. The number of hydrogen-bond donors (Lipinski definition) is 0. The normalized spacial score (nSPS) is 17.2. The Hall–Kier alpha value is -1.72. The Balaban J connectivity index is 1.85. The monoisotopic (exact) mass is 209 g/mol. The molecule has 0 aromatic carbocycles. The molecule has 15 heavy (non-hydrogen) atoms. The van der Waals surface area contributed by atoms with E-state index in [0.29, 0.717) is 31.8 Å². The van der Waals surface area contributed by atoms with Crippen LogP contribution in [0.5, 0.6) is 0 Å². The Kier molecular flexibility index (Phi) is 2.75. The number of rotatable bonds is 3. The molecule has 1 aliphatic rings. The average Bonchev–Trinajstić information content (AvgIpc) is 2.69. The standard InChI is InChI=1S/C9H11N3O3/c13-7-1-3-12(9(14)5-7)4-2-8-10-6-15-11-8/h6H,1-5H2. The summed E-state index contributed by atoms with van der Waals surface area (Å²) in [5.74, 6) is 0.505. The molecule has 0 atom stereocenters. The fraction of sp³-hybridized carbons (Fsp3) is 0.556. The highest BCUT2D eigenvalue weighted by atomic mass is 16.5. The van der Waals surface area contributed by atoms with Gasteiger partial charge >= 0.3 is 0 Å². The Labute approximate surface area is 86.2 Å². The predicted octanol–water partition coefficient (Wildman–Crippen LogP) is -0.196. The second-order valence-corrected chi connectivity index (χ2v) is 3.44. The van der Waals surface area contributed by atoms with Crippen molar-refractivity contribution in [2.45, 2.75) is 19.3 Å². The van der Waals surface area contributed by atoms with Crippen LogP contribution in [0.25, 0.3) is 0 Å². The molecule has 80 valence electrons. The van der Waals surface area contributed by atoms with Crippen LogP contribution in [0.4, 0.5) is 0 Å². The van der Waals surface area contributed by atoms with Gasteiger partial charge in [0.2, 0.25) is 12.3 Å². The van der Waals surface area contributed by atoms with E-state index in [1.165, 1.54) is 6.39 Å². The highest BCUT2D eigenvalue weighted by Gasteiger charge is 2.23. The van der Waals surface area contributed by atoms with E-state index in [-0.39, 0.29) is 18.1 Å². The van der Waals surface area contributed by atoms with Crippen LogP contribution in [0.15, 0.2) is 10.9 Å². The first-order valence-electron chi connectivity index (χ1n) is 4.80. The lowest BCUT2D eigenvalue weighted by Crippen LogP contribution is -2.40. The summed E-state index contributed by atoms with van der Waals surface area (Å²) in [4.78, 5) is 27.9. The third-order valence-electron chi connectivity index (χ3n) is 2.37. The summed E-state index contributed by atoms with van der Waals surface area (Å²) in [5.41, 5.74) is 0. The van der Waals surface area contributed by atoms with Crippen molar-refractivity contribution in [3.8, 4) is 0 Å². The van der Waals surface area contributed by atoms with Gasteiger partial charge in [-0.2, -0.15) is 4.98 Å². The summed E-state index contributed by atoms with van der Waals surface area (Å²) >= 11 is 0. The molecule has 1 aromatic rings. The van der Waals surface area contributed by atoms with Gasteiger partial charge < -0.3 is 9.42 Å². The Morgan fingerprint density at radius 2 is 2.33 bits per heavy atom. The summed E-state index contributed by atoms with van der Waals surface area (Å²) in [6, 6.07) is 0. The zero-order valence-electron chi connectivity index (χ0n) is 8.18. The molecule has 0 aliphatic carbocycles. The van der Waals surface area contributed by atoms with Crippen LogP contribution in [0.3, 0.4) is 0 Å². The first-order chi connectivity index (χ1) is 7.25. The maximum Gasteiger partial charge on any atom is 0.230 e. The number of nitrogens with zero attached hydrogens (tertiary/aromatic N) is 3. The quantitative estimate of drug-likeness (QED) is 0.644. The smallest absolute Gasteiger partial charge is 0.230 e. The minimum Gasteiger partial charge on any atom is -0.343 e. The van der Waals surface area contributed by atoms with Gasteiger partial charge in [-0.3, -0.25) is 9.59 Å². The molecule has 1 amide bonds. The van der Waals surface area contributed by atoms with Crippen molar-refractivity contribution in [3.05, 3.63) is 12.2 Å².